The van der Waals surface area contributed by atoms with E-state index in [2.05, 4.69) is 0 Å². The van der Waals surface area contributed by atoms with Crippen LogP contribution in [0.25, 0.3) is 0 Å². The van der Waals surface area contributed by atoms with Crippen LogP contribution in [0.1, 0.15) is 23.2 Å². The minimum absolute atomic E-state index is 0.0554. The number of ether oxygens (including phenoxy) is 2. The number of para-hydroxylation sites is 1. The van der Waals surface area contributed by atoms with Crippen LogP contribution in [0.3, 0.4) is 0 Å². The molecule has 2 heterocycles. The number of rotatable bonds is 1. The predicted octanol–water partition coefficient (Wildman–Crippen LogP) is 1.65. The Kier molecular flexibility index (Phi) is 2.20. The molecule has 2 aliphatic rings. The Morgan fingerprint density at radius 2 is 2.00 bits per heavy atom. The normalized spacial score (nSPS) is 17.9. The fourth-order valence-electron chi connectivity index (χ4n) is 2.19. The van der Waals surface area contributed by atoms with E-state index in [1.807, 2.05) is 17.0 Å². The van der Waals surface area contributed by atoms with Crippen LogP contribution < -0.4 is 9.47 Å². The molecule has 1 amide bonds. The van der Waals surface area contributed by atoms with Crippen LogP contribution >= 0.6 is 0 Å². The lowest BCUT2D eigenvalue weighted by Crippen LogP contribution is -2.27. The highest BCUT2D eigenvalue weighted by molar-refractivity contribution is 5.98. The van der Waals surface area contributed by atoms with Crippen LogP contribution in [0.15, 0.2) is 18.2 Å². The van der Waals surface area contributed by atoms with Gasteiger partial charge in [-0.1, -0.05) is 6.07 Å². The summed E-state index contributed by atoms with van der Waals surface area (Å²) < 4.78 is 10.6. The van der Waals surface area contributed by atoms with Crippen molar-refractivity contribution in [2.75, 3.05) is 19.9 Å². The summed E-state index contributed by atoms with van der Waals surface area (Å²) in [7, 11) is 0. The molecule has 0 aromatic heterocycles. The minimum Gasteiger partial charge on any atom is -0.454 e. The zero-order chi connectivity index (χ0) is 11.0. The predicted molar refractivity (Wildman–Crippen MR) is 57.7 cm³/mol. The Hall–Kier alpha value is -1.71. The summed E-state index contributed by atoms with van der Waals surface area (Å²) in [6, 6.07) is 5.45. The molecule has 0 atom stereocenters. The van der Waals surface area contributed by atoms with Crippen molar-refractivity contribution in [2.45, 2.75) is 12.8 Å². The number of benzene rings is 1. The van der Waals surface area contributed by atoms with Crippen LogP contribution in [-0.2, 0) is 0 Å². The first kappa shape index (κ1) is 9.51. The highest BCUT2D eigenvalue weighted by atomic mass is 16.7. The highest BCUT2D eigenvalue weighted by Crippen LogP contribution is 2.36. The van der Waals surface area contributed by atoms with Gasteiger partial charge in [0.2, 0.25) is 6.79 Å². The Morgan fingerprint density at radius 3 is 2.81 bits per heavy atom. The summed E-state index contributed by atoms with van der Waals surface area (Å²) in [5.41, 5.74) is 0.622. The Morgan fingerprint density at radius 1 is 1.19 bits per heavy atom. The second-order valence-corrected chi connectivity index (χ2v) is 4.04. The van der Waals surface area contributed by atoms with Crippen molar-refractivity contribution in [2.24, 2.45) is 0 Å². The third-order valence-electron chi connectivity index (χ3n) is 3.02. The molecule has 0 bridgehead atoms. The molecule has 84 valence electrons. The second kappa shape index (κ2) is 3.70. The van der Waals surface area contributed by atoms with Crippen molar-refractivity contribution < 1.29 is 14.3 Å². The van der Waals surface area contributed by atoms with Gasteiger partial charge in [-0.3, -0.25) is 4.79 Å². The molecule has 16 heavy (non-hydrogen) atoms. The average molecular weight is 219 g/mol. The van der Waals surface area contributed by atoms with Crippen molar-refractivity contribution in [3.63, 3.8) is 0 Å². The SMILES string of the molecule is O=C(c1cccc2c1OCO2)N1CCCC1. The van der Waals surface area contributed by atoms with Crippen LogP contribution in [0.5, 0.6) is 11.5 Å². The molecular weight excluding hydrogens is 206 g/mol. The monoisotopic (exact) mass is 219 g/mol. The molecule has 0 saturated carbocycles. The molecule has 0 unspecified atom stereocenters. The molecule has 3 rings (SSSR count). The molecule has 0 aliphatic carbocycles. The van der Waals surface area contributed by atoms with Crippen molar-refractivity contribution in [1.82, 2.24) is 4.90 Å². The smallest absolute Gasteiger partial charge is 0.257 e. The first-order valence-electron chi connectivity index (χ1n) is 5.54. The van der Waals surface area contributed by atoms with E-state index in [0.717, 1.165) is 25.9 Å². The van der Waals surface area contributed by atoms with E-state index in [-0.39, 0.29) is 12.7 Å². The molecule has 1 fully saturated rings. The molecule has 0 radical (unpaired) electrons. The number of hydrogen-bond donors (Lipinski definition) is 0. The molecule has 4 heteroatoms. The van der Waals surface area contributed by atoms with E-state index >= 15 is 0 Å². The number of carbonyl (C=O) groups is 1. The summed E-state index contributed by atoms with van der Waals surface area (Å²) in [5, 5.41) is 0. The Labute approximate surface area is 93.8 Å². The second-order valence-electron chi connectivity index (χ2n) is 4.04. The van der Waals surface area contributed by atoms with E-state index in [9.17, 15) is 4.79 Å². The Bertz CT molecular complexity index is 424. The van der Waals surface area contributed by atoms with Crippen molar-refractivity contribution in [3.05, 3.63) is 23.8 Å². The fraction of sp³-hybridized carbons (Fsp3) is 0.417. The number of fused-ring (bicyclic) bond motifs is 1. The summed E-state index contributed by atoms with van der Waals surface area (Å²) in [4.78, 5) is 14.1. The van der Waals surface area contributed by atoms with E-state index in [1.54, 1.807) is 6.07 Å². The lowest BCUT2D eigenvalue weighted by molar-refractivity contribution is 0.0788. The molecule has 1 aromatic carbocycles. The maximum Gasteiger partial charge on any atom is 0.257 e. The minimum atomic E-state index is 0.0554. The van der Waals surface area contributed by atoms with Gasteiger partial charge in [-0.2, -0.15) is 0 Å². The zero-order valence-corrected chi connectivity index (χ0v) is 8.94. The van der Waals surface area contributed by atoms with Gasteiger partial charge in [-0.05, 0) is 25.0 Å². The first-order chi connectivity index (χ1) is 7.86. The van der Waals surface area contributed by atoms with Gasteiger partial charge in [0.1, 0.15) is 0 Å². The third kappa shape index (κ3) is 1.41. The lowest BCUT2D eigenvalue weighted by Gasteiger charge is -2.16. The van der Waals surface area contributed by atoms with Gasteiger partial charge in [0.15, 0.2) is 11.5 Å². The van der Waals surface area contributed by atoms with E-state index in [0.29, 0.717) is 17.1 Å². The van der Waals surface area contributed by atoms with Crippen LogP contribution in [0.2, 0.25) is 0 Å². The van der Waals surface area contributed by atoms with Gasteiger partial charge in [-0.15, -0.1) is 0 Å². The number of likely N-dealkylation sites (tertiary alicyclic amines) is 1. The Balaban J connectivity index is 1.94. The van der Waals surface area contributed by atoms with Crippen molar-refractivity contribution in [3.8, 4) is 11.5 Å². The quantitative estimate of drug-likeness (QED) is 0.721. The number of carbonyl (C=O) groups excluding carboxylic acids is 1. The van der Waals surface area contributed by atoms with Gasteiger partial charge in [0, 0.05) is 13.1 Å². The van der Waals surface area contributed by atoms with E-state index < -0.39 is 0 Å². The van der Waals surface area contributed by atoms with Gasteiger partial charge < -0.3 is 14.4 Å². The van der Waals surface area contributed by atoms with Crippen molar-refractivity contribution >= 4 is 5.91 Å². The van der Waals surface area contributed by atoms with Gasteiger partial charge in [-0.25, -0.2) is 0 Å². The fourth-order valence-corrected chi connectivity index (χ4v) is 2.19. The summed E-state index contributed by atoms with van der Waals surface area (Å²) in [5.74, 6) is 1.32. The van der Waals surface area contributed by atoms with Gasteiger partial charge in [0.05, 0.1) is 5.56 Å². The third-order valence-corrected chi connectivity index (χ3v) is 3.02. The van der Waals surface area contributed by atoms with Crippen LogP contribution in [0, 0.1) is 0 Å². The number of hydrogen-bond acceptors (Lipinski definition) is 3. The molecule has 2 aliphatic heterocycles. The molecule has 1 saturated heterocycles. The van der Waals surface area contributed by atoms with E-state index in [1.165, 1.54) is 0 Å². The molecular formula is C12H13NO3. The standard InChI is InChI=1S/C12H13NO3/c14-12(13-6-1-2-7-13)9-4-3-5-10-11(9)16-8-15-10/h3-5H,1-2,6-8H2. The summed E-state index contributed by atoms with van der Waals surface area (Å²) in [6.45, 7) is 1.91. The first-order valence-corrected chi connectivity index (χ1v) is 5.54. The number of amides is 1. The van der Waals surface area contributed by atoms with E-state index in [4.69, 9.17) is 9.47 Å². The average Bonchev–Trinajstić information content (AvgIpc) is 2.98. The topological polar surface area (TPSA) is 38.8 Å². The number of nitrogens with zero attached hydrogens (tertiary/aromatic N) is 1. The van der Waals surface area contributed by atoms with Gasteiger partial charge in [0.25, 0.3) is 5.91 Å². The molecule has 1 aromatic rings. The molecule has 0 spiro atoms. The molecule has 0 N–H and O–H groups in total. The zero-order valence-electron chi connectivity index (χ0n) is 8.94. The van der Waals surface area contributed by atoms with Crippen molar-refractivity contribution in [1.29, 1.82) is 0 Å². The highest BCUT2D eigenvalue weighted by Gasteiger charge is 2.26. The summed E-state index contributed by atoms with van der Waals surface area (Å²) >= 11 is 0. The van der Waals surface area contributed by atoms with Crippen LogP contribution in [-0.4, -0.2) is 30.7 Å². The van der Waals surface area contributed by atoms with Crippen LogP contribution in [0.4, 0.5) is 0 Å². The largest absolute Gasteiger partial charge is 0.454 e. The maximum atomic E-state index is 12.2. The molecule has 4 nitrogen and oxygen atoms in total. The van der Waals surface area contributed by atoms with Gasteiger partial charge >= 0.3 is 0 Å². The lowest BCUT2D eigenvalue weighted by atomic mass is 10.1. The summed E-state index contributed by atoms with van der Waals surface area (Å²) in [6.07, 6.45) is 2.19. The maximum absolute atomic E-state index is 12.2.